The van der Waals surface area contributed by atoms with Gasteiger partial charge in [-0.1, -0.05) is 36.4 Å². The summed E-state index contributed by atoms with van der Waals surface area (Å²) < 4.78 is 20.1. The quantitative estimate of drug-likeness (QED) is 0.491. The largest absolute Gasteiger partial charge is 0.441 e. The summed E-state index contributed by atoms with van der Waals surface area (Å²) in [6.45, 7) is 3.92. The van der Waals surface area contributed by atoms with Crippen molar-refractivity contribution in [1.29, 1.82) is 0 Å². The van der Waals surface area contributed by atoms with E-state index in [1.807, 2.05) is 49.1 Å². The topological polar surface area (TPSA) is 68.2 Å². The molecule has 1 aromatic carbocycles. The van der Waals surface area contributed by atoms with Gasteiger partial charge in [-0.3, -0.25) is 4.90 Å². The van der Waals surface area contributed by atoms with Gasteiger partial charge in [0, 0.05) is 24.6 Å². The summed E-state index contributed by atoms with van der Waals surface area (Å²) >= 11 is 0. The van der Waals surface area contributed by atoms with Crippen LogP contribution in [0.4, 0.5) is 9.18 Å². The van der Waals surface area contributed by atoms with Crippen molar-refractivity contribution < 1.29 is 13.9 Å². The van der Waals surface area contributed by atoms with Gasteiger partial charge in [0.25, 0.3) is 0 Å². The van der Waals surface area contributed by atoms with Crippen LogP contribution in [0.15, 0.2) is 67.1 Å². The Hall–Kier alpha value is -3.61. The van der Waals surface area contributed by atoms with Gasteiger partial charge in [0.15, 0.2) is 5.82 Å². The minimum absolute atomic E-state index is 0.0264. The number of cyclic esters (lactones) is 1. The summed E-state index contributed by atoms with van der Waals surface area (Å²) in [5.74, 6) is -0.279. The third-order valence-corrected chi connectivity index (χ3v) is 6.41. The van der Waals surface area contributed by atoms with E-state index in [0.29, 0.717) is 12.2 Å². The van der Waals surface area contributed by atoms with E-state index >= 15 is 0 Å². The van der Waals surface area contributed by atoms with E-state index < -0.39 is 11.5 Å². The highest BCUT2D eigenvalue weighted by Gasteiger charge is 2.50. The molecule has 7 heteroatoms. The van der Waals surface area contributed by atoms with Gasteiger partial charge >= 0.3 is 6.09 Å². The zero-order valence-electron chi connectivity index (χ0n) is 18.6. The average molecular weight is 445 g/mol. The van der Waals surface area contributed by atoms with Gasteiger partial charge in [-0.2, -0.15) is 4.39 Å². The Morgan fingerprint density at radius 2 is 1.85 bits per heavy atom. The van der Waals surface area contributed by atoms with Gasteiger partial charge < -0.3 is 4.74 Å². The molecular weight excluding hydrogens is 419 g/mol. The number of hydrogen-bond donors (Lipinski definition) is 0. The lowest BCUT2D eigenvalue weighted by atomic mass is 9.86. The number of aromatic nitrogens is 3. The molecule has 0 bridgehead atoms. The van der Waals surface area contributed by atoms with E-state index in [1.165, 1.54) is 0 Å². The van der Waals surface area contributed by atoms with Crippen LogP contribution in [0.1, 0.15) is 50.3 Å². The van der Waals surface area contributed by atoms with Crippen molar-refractivity contribution in [3.8, 4) is 11.4 Å². The molecule has 2 aromatic heterocycles. The Balaban J connectivity index is 1.41. The van der Waals surface area contributed by atoms with Crippen molar-refractivity contribution in [3.63, 3.8) is 0 Å². The number of halogens is 1. The minimum Gasteiger partial charge on any atom is -0.441 e. The van der Waals surface area contributed by atoms with Gasteiger partial charge in [-0.15, -0.1) is 0 Å². The van der Waals surface area contributed by atoms with Crippen LogP contribution in [0.2, 0.25) is 0 Å². The van der Waals surface area contributed by atoms with Crippen molar-refractivity contribution in [3.05, 3.63) is 84.2 Å². The lowest BCUT2D eigenvalue weighted by molar-refractivity contribution is 0.0668. The lowest BCUT2D eigenvalue weighted by Crippen LogP contribution is -2.41. The fourth-order valence-electron chi connectivity index (χ4n) is 4.88. The molecule has 1 unspecified atom stereocenters. The molecule has 0 spiro atoms. The number of hydrogen-bond acceptors (Lipinski definition) is 5. The monoisotopic (exact) mass is 444 g/mol. The molecule has 168 valence electrons. The van der Waals surface area contributed by atoms with Gasteiger partial charge in [-0.05, 0) is 61.9 Å². The molecule has 1 aliphatic heterocycles. The van der Waals surface area contributed by atoms with Crippen LogP contribution in [0.5, 0.6) is 0 Å². The SMILES string of the molecule is CC1(C)OC(=O)N([C@H]2CC=C(c3cnc(F)c(-c4ncccn4)c3)CC2)C1c1ccccc1. The number of amides is 1. The van der Waals surface area contributed by atoms with Crippen molar-refractivity contribution in [1.82, 2.24) is 19.9 Å². The van der Waals surface area contributed by atoms with Crippen LogP contribution in [-0.4, -0.2) is 37.6 Å². The number of carbonyl (C=O) groups excluding carboxylic acids is 1. The van der Waals surface area contributed by atoms with Crippen LogP contribution in [0, 0.1) is 5.95 Å². The normalized spacial score (nSPS) is 22.1. The molecular formula is C26H25FN4O2. The van der Waals surface area contributed by atoms with Crippen LogP contribution in [-0.2, 0) is 4.74 Å². The molecule has 5 rings (SSSR count). The second kappa shape index (κ2) is 8.39. The van der Waals surface area contributed by atoms with Crippen molar-refractivity contribution in [2.75, 3.05) is 0 Å². The van der Waals surface area contributed by atoms with Gasteiger partial charge in [0.1, 0.15) is 5.60 Å². The van der Waals surface area contributed by atoms with E-state index in [1.54, 1.807) is 30.7 Å². The fraction of sp³-hybridized carbons (Fsp3) is 0.308. The number of nitrogens with zero attached hydrogens (tertiary/aromatic N) is 4. The summed E-state index contributed by atoms with van der Waals surface area (Å²) in [4.78, 5) is 27.0. The highest BCUT2D eigenvalue weighted by molar-refractivity contribution is 5.74. The van der Waals surface area contributed by atoms with Crippen LogP contribution in [0.3, 0.4) is 0 Å². The van der Waals surface area contributed by atoms with E-state index in [4.69, 9.17) is 4.74 Å². The zero-order valence-corrected chi connectivity index (χ0v) is 18.6. The zero-order chi connectivity index (χ0) is 23.0. The van der Waals surface area contributed by atoms with E-state index in [-0.39, 0.29) is 23.7 Å². The fourth-order valence-corrected chi connectivity index (χ4v) is 4.88. The number of ether oxygens (including phenoxy) is 1. The van der Waals surface area contributed by atoms with Gasteiger partial charge in [-0.25, -0.2) is 19.7 Å². The number of rotatable bonds is 4. The first-order valence-corrected chi connectivity index (χ1v) is 11.1. The van der Waals surface area contributed by atoms with Crippen LogP contribution >= 0.6 is 0 Å². The van der Waals surface area contributed by atoms with Gasteiger partial charge in [0.05, 0.1) is 11.6 Å². The molecule has 0 N–H and O–H groups in total. The molecule has 1 saturated heterocycles. The molecule has 33 heavy (non-hydrogen) atoms. The molecule has 1 aliphatic carbocycles. The minimum atomic E-state index is -0.617. The van der Waals surface area contributed by atoms with E-state index in [2.05, 4.69) is 21.0 Å². The molecule has 6 nitrogen and oxygen atoms in total. The first kappa shape index (κ1) is 21.2. The number of carbonyl (C=O) groups is 1. The summed E-state index contributed by atoms with van der Waals surface area (Å²) in [5.41, 5.74) is 2.66. The molecule has 1 amide bonds. The van der Waals surface area contributed by atoms with Crippen LogP contribution < -0.4 is 0 Å². The average Bonchev–Trinajstić information content (AvgIpc) is 3.08. The first-order valence-electron chi connectivity index (χ1n) is 11.1. The predicted molar refractivity (Wildman–Crippen MR) is 122 cm³/mol. The number of pyridine rings is 1. The molecule has 3 heterocycles. The van der Waals surface area contributed by atoms with Gasteiger partial charge in [0.2, 0.25) is 5.95 Å². The second-order valence-corrected chi connectivity index (χ2v) is 8.98. The summed E-state index contributed by atoms with van der Waals surface area (Å²) in [7, 11) is 0. The highest BCUT2D eigenvalue weighted by atomic mass is 19.1. The number of benzene rings is 1. The molecule has 0 saturated carbocycles. The molecule has 2 aliphatic rings. The molecule has 0 radical (unpaired) electrons. The first-order chi connectivity index (χ1) is 15.9. The maximum Gasteiger partial charge on any atom is 0.411 e. The maximum absolute atomic E-state index is 14.3. The Labute approximate surface area is 192 Å². The predicted octanol–water partition coefficient (Wildman–Crippen LogP) is 5.59. The summed E-state index contributed by atoms with van der Waals surface area (Å²) in [6.07, 6.45) is 8.79. The van der Waals surface area contributed by atoms with Crippen molar-refractivity contribution in [2.24, 2.45) is 0 Å². The Morgan fingerprint density at radius 3 is 2.55 bits per heavy atom. The third kappa shape index (κ3) is 3.99. The smallest absolute Gasteiger partial charge is 0.411 e. The van der Waals surface area contributed by atoms with Crippen LogP contribution in [0.25, 0.3) is 17.0 Å². The van der Waals surface area contributed by atoms with Crippen molar-refractivity contribution >= 4 is 11.7 Å². The second-order valence-electron chi connectivity index (χ2n) is 8.98. The summed E-state index contributed by atoms with van der Waals surface area (Å²) in [5, 5.41) is 0. The Kier molecular flexibility index (Phi) is 5.40. The lowest BCUT2D eigenvalue weighted by Gasteiger charge is -2.36. The maximum atomic E-state index is 14.3. The Morgan fingerprint density at radius 1 is 1.09 bits per heavy atom. The van der Waals surface area contributed by atoms with E-state index in [0.717, 1.165) is 29.5 Å². The molecule has 3 aromatic rings. The Bertz CT molecular complexity index is 1200. The standard InChI is InChI=1S/C26H25FN4O2/c1-26(2)22(18-7-4-3-5-8-18)31(25(32)33-26)20-11-9-17(10-12-20)19-15-21(23(27)30-16-19)24-28-13-6-14-29-24/h3-9,13-16,20,22H,10-12H2,1-2H3/t20-,22?/m0/s1. The third-order valence-electron chi connectivity index (χ3n) is 6.41. The summed E-state index contributed by atoms with van der Waals surface area (Å²) in [6, 6.07) is 13.4. The molecule has 2 atom stereocenters. The van der Waals surface area contributed by atoms with E-state index in [9.17, 15) is 9.18 Å². The molecule has 1 fully saturated rings. The number of allylic oxidation sites excluding steroid dienone is 1. The highest BCUT2D eigenvalue weighted by Crippen LogP contribution is 2.45. The van der Waals surface area contributed by atoms with Crippen molar-refractivity contribution in [2.45, 2.75) is 50.8 Å².